The summed E-state index contributed by atoms with van der Waals surface area (Å²) in [6.45, 7) is 7.97. The molecular formula is C33H30BrClN2O5S. The third-order valence-electron chi connectivity index (χ3n) is 6.65. The lowest BCUT2D eigenvalue weighted by molar-refractivity contribution is -0.139. The predicted octanol–water partition coefficient (Wildman–Crippen LogP) is 6.58. The molecule has 4 aromatic rings. The molecule has 1 atom stereocenters. The molecule has 222 valence electrons. The maximum Gasteiger partial charge on any atom is 0.338 e. The zero-order valence-corrected chi connectivity index (χ0v) is 27.3. The van der Waals surface area contributed by atoms with Gasteiger partial charge in [-0.1, -0.05) is 59.3 Å². The van der Waals surface area contributed by atoms with Gasteiger partial charge < -0.3 is 14.2 Å². The van der Waals surface area contributed by atoms with Crippen molar-refractivity contribution in [3.8, 4) is 11.5 Å². The Hall–Kier alpha value is -3.66. The standard InChI is InChI=1S/C33H30BrClN2O5S/c1-5-40-32(39)29-20(4)36-33-37(30(29)24-8-6-7-9-26(24)42-19(2)3)31(38)28(43-33)17-22-12-15-27(25(34)16-22)41-18-21-10-13-23(35)14-11-21/h6-17,19,30H,5,18H2,1-4H3/b28-17+/t30-/m0/s1. The number of benzene rings is 3. The number of fused-ring (bicyclic) bond motifs is 1. The van der Waals surface area contributed by atoms with Gasteiger partial charge in [0.25, 0.3) is 5.56 Å². The normalized spacial score (nSPS) is 14.9. The van der Waals surface area contributed by atoms with Gasteiger partial charge in [-0.25, -0.2) is 9.79 Å². The fourth-order valence-corrected chi connectivity index (χ4v) is 6.45. The molecule has 0 N–H and O–H groups in total. The molecule has 5 rings (SSSR count). The molecule has 0 amide bonds. The predicted molar refractivity (Wildman–Crippen MR) is 173 cm³/mol. The van der Waals surface area contributed by atoms with Crippen LogP contribution in [0.15, 0.2) is 92.3 Å². The molecule has 0 aliphatic carbocycles. The number of carbonyl (C=O) groups is 1. The molecule has 0 fully saturated rings. The smallest absolute Gasteiger partial charge is 0.338 e. The van der Waals surface area contributed by atoms with Crippen molar-refractivity contribution in [3.63, 3.8) is 0 Å². The van der Waals surface area contributed by atoms with Crippen LogP contribution in [0.25, 0.3) is 6.08 Å². The average Bonchev–Trinajstić information content (AvgIpc) is 3.26. The van der Waals surface area contributed by atoms with Crippen molar-refractivity contribution in [2.45, 2.75) is 46.4 Å². The van der Waals surface area contributed by atoms with E-state index in [1.165, 1.54) is 11.3 Å². The van der Waals surface area contributed by atoms with Gasteiger partial charge in [0.05, 0.1) is 33.0 Å². The van der Waals surface area contributed by atoms with Crippen LogP contribution >= 0.6 is 38.9 Å². The van der Waals surface area contributed by atoms with Gasteiger partial charge in [0.15, 0.2) is 4.80 Å². The molecule has 1 aliphatic heterocycles. The Kier molecular flexibility index (Phi) is 9.54. The van der Waals surface area contributed by atoms with Crippen molar-refractivity contribution in [2.24, 2.45) is 4.99 Å². The van der Waals surface area contributed by atoms with Gasteiger partial charge in [-0.05, 0) is 91.2 Å². The molecule has 0 radical (unpaired) electrons. The van der Waals surface area contributed by atoms with Gasteiger partial charge in [0, 0.05) is 10.6 Å². The molecule has 43 heavy (non-hydrogen) atoms. The number of hydrogen-bond donors (Lipinski definition) is 0. The molecule has 0 bridgehead atoms. The van der Waals surface area contributed by atoms with Crippen molar-refractivity contribution in [3.05, 3.63) is 124 Å². The van der Waals surface area contributed by atoms with Crippen molar-refractivity contribution in [2.75, 3.05) is 6.61 Å². The number of esters is 1. The number of ether oxygens (including phenoxy) is 3. The lowest BCUT2D eigenvalue weighted by Gasteiger charge is -2.26. The van der Waals surface area contributed by atoms with Gasteiger partial charge in [-0.2, -0.15) is 0 Å². The van der Waals surface area contributed by atoms with E-state index < -0.39 is 12.0 Å². The molecule has 0 saturated carbocycles. The Morgan fingerprint density at radius 2 is 1.86 bits per heavy atom. The van der Waals surface area contributed by atoms with E-state index in [1.807, 2.05) is 86.7 Å². The first-order valence-electron chi connectivity index (χ1n) is 13.8. The van der Waals surface area contributed by atoms with E-state index in [-0.39, 0.29) is 18.3 Å². The third kappa shape index (κ3) is 6.79. The second-order valence-corrected chi connectivity index (χ2v) is 12.4. The highest BCUT2D eigenvalue weighted by molar-refractivity contribution is 9.10. The Morgan fingerprint density at radius 1 is 1.12 bits per heavy atom. The first-order chi connectivity index (χ1) is 20.7. The van der Waals surface area contributed by atoms with Crippen LogP contribution in [0.4, 0.5) is 0 Å². The summed E-state index contributed by atoms with van der Waals surface area (Å²) >= 11 is 10.8. The number of carbonyl (C=O) groups excluding carboxylic acids is 1. The van der Waals surface area contributed by atoms with Crippen LogP contribution < -0.4 is 24.4 Å². The summed E-state index contributed by atoms with van der Waals surface area (Å²) in [6.07, 6.45) is 1.71. The van der Waals surface area contributed by atoms with Crippen LogP contribution in [0, 0.1) is 0 Å². The van der Waals surface area contributed by atoms with E-state index in [0.717, 1.165) is 15.6 Å². The van der Waals surface area contributed by atoms with Gasteiger partial charge in [-0.15, -0.1) is 0 Å². The Bertz CT molecular complexity index is 1880. The van der Waals surface area contributed by atoms with Gasteiger partial charge in [-0.3, -0.25) is 9.36 Å². The first-order valence-corrected chi connectivity index (χ1v) is 15.8. The lowest BCUT2D eigenvalue weighted by atomic mass is 9.95. The summed E-state index contributed by atoms with van der Waals surface area (Å²) in [5.74, 6) is 0.747. The fourth-order valence-electron chi connectivity index (χ4n) is 4.77. The molecule has 10 heteroatoms. The highest BCUT2D eigenvalue weighted by Gasteiger charge is 2.35. The van der Waals surface area contributed by atoms with Crippen LogP contribution in [0.1, 0.15) is 50.4 Å². The number of rotatable bonds is 9. The number of aromatic nitrogens is 1. The Balaban J connectivity index is 1.55. The highest BCUT2D eigenvalue weighted by atomic mass is 79.9. The summed E-state index contributed by atoms with van der Waals surface area (Å²) in [4.78, 5) is 32.4. The molecule has 0 unspecified atom stereocenters. The summed E-state index contributed by atoms with van der Waals surface area (Å²) in [6, 6.07) is 19.8. The zero-order valence-electron chi connectivity index (χ0n) is 24.1. The van der Waals surface area contributed by atoms with Crippen molar-refractivity contribution < 1.29 is 19.0 Å². The zero-order chi connectivity index (χ0) is 30.7. The quantitative estimate of drug-likeness (QED) is 0.187. The van der Waals surface area contributed by atoms with Crippen LogP contribution in [0.3, 0.4) is 0 Å². The number of hydrogen-bond acceptors (Lipinski definition) is 7. The maximum absolute atomic E-state index is 14.0. The van der Waals surface area contributed by atoms with E-state index in [4.69, 9.17) is 25.8 Å². The lowest BCUT2D eigenvalue weighted by Crippen LogP contribution is -2.40. The Morgan fingerprint density at radius 3 is 2.56 bits per heavy atom. The van der Waals surface area contributed by atoms with E-state index >= 15 is 0 Å². The number of allylic oxidation sites excluding steroid dienone is 1. The fraction of sp³-hybridized carbons (Fsp3) is 0.242. The number of para-hydroxylation sites is 1. The van der Waals surface area contributed by atoms with Gasteiger partial charge in [0.2, 0.25) is 0 Å². The van der Waals surface area contributed by atoms with Crippen molar-refractivity contribution >= 4 is 50.9 Å². The minimum Gasteiger partial charge on any atom is -0.491 e. The molecule has 1 aromatic heterocycles. The number of nitrogens with zero attached hydrogens (tertiary/aromatic N) is 2. The van der Waals surface area contributed by atoms with Crippen molar-refractivity contribution in [1.82, 2.24) is 4.57 Å². The molecule has 2 heterocycles. The summed E-state index contributed by atoms with van der Waals surface area (Å²) in [7, 11) is 0. The topological polar surface area (TPSA) is 79.1 Å². The largest absolute Gasteiger partial charge is 0.491 e. The van der Waals surface area contributed by atoms with Crippen molar-refractivity contribution in [1.29, 1.82) is 0 Å². The van der Waals surface area contributed by atoms with Crippen LogP contribution in [-0.4, -0.2) is 23.2 Å². The maximum atomic E-state index is 14.0. The first kappa shape index (κ1) is 30.8. The molecule has 0 spiro atoms. The van der Waals surface area contributed by atoms with E-state index in [1.54, 1.807) is 18.4 Å². The summed E-state index contributed by atoms with van der Waals surface area (Å²) in [5, 5.41) is 0.672. The number of thiazole rings is 1. The van der Waals surface area contributed by atoms with Gasteiger partial charge >= 0.3 is 5.97 Å². The Labute approximate surface area is 266 Å². The average molecular weight is 682 g/mol. The van der Waals surface area contributed by atoms with Crippen LogP contribution in [0.5, 0.6) is 11.5 Å². The summed E-state index contributed by atoms with van der Waals surface area (Å²) < 4.78 is 20.3. The second-order valence-electron chi connectivity index (χ2n) is 10.1. The minimum absolute atomic E-state index is 0.107. The molecule has 3 aromatic carbocycles. The van der Waals surface area contributed by atoms with E-state index in [0.29, 0.717) is 49.3 Å². The monoisotopic (exact) mass is 680 g/mol. The number of halogens is 2. The van der Waals surface area contributed by atoms with E-state index in [9.17, 15) is 9.59 Å². The molecular weight excluding hydrogens is 652 g/mol. The minimum atomic E-state index is -0.761. The summed E-state index contributed by atoms with van der Waals surface area (Å²) in [5.41, 5.74) is 3.03. The third-order valence-corrected chi connectivity index (χ3v) is 8.51. The molecule has 1 aliphatic rings. The SMILES string of the molecule is CCOC(=O)C1=C(C)N=c2s/c(=C/c3ccc(OCc4ccc(Cl)cc4)c(Br)c3)c(=O)n2[C@H]1c1ccccc1OC(C)C. The van der Waals surface area contributed by atoms with Crippen LogP contribution in [0.2, 0.25) is 5.02 Å². The van der Waals surface area contributed by atoms with Crippen LogP contribution in [-0.2, 0) is 16.1 Å². The molecule has 7 nitrogen and oxygen atoms in total. The highest BCUT2D eigenvalue weighted by Crippen LogP contribution is 2.36. The second kappa shape index (κ2) is 13.3. The van der Waals surface area contributed by atoms with E-state index in [2.05, 4.69) is 20.9 Å². The molecule has 0 saturated heterocycles. The van der Waals surface area contributed by atoms with Gasteiger partial charge in [0.1, 0.15) is 24.1 Å².